The molecule has 0 atom stereocenters. The Morgan fingerprint density at radius 2 is 2.46 bits per heavy atom. The zero-order chi connectivity index (χ0) is 9.84. The molecule has 13 heavy (non-hydrogen) atoms. The van der Waals surface area contributed by atoms with E-state index in [1.165, 1.54) is 12.3 Å². The Labute approximate surface area is 75.1 Å². The average Bonchev–Trinajstić information content (AvgIpc) is 2.16. The van der Waals surface area contributed by atoms with Gasteiger partial charge in [0, 0.05) is 13.2 Å². The van der Waals surface area contributed by atoms with Crippen LogP contribution in [-0.2, 0) is 0 Å². The first-order chi connectivity index (χ1) is 6.20. The van der Waals surface area contributed by atoms with E-state index in [9.17, 15) is 4.79 Å². The fourth-order valence-electron chi connectivity index (χ4n) is 0.970. The standard InChI is InChI=1S/C8H9N3O2/c1-9-6-5(8(12)13)3-4-11-7(6)10-2/h3-4H,1H2,2H3,(H,10,11)(H,12,13). The van der Waals surface area contributed by atoms with Crippen molar-refractivity contribution in [2.45, 2.75) is 0 Å². The molecule has 2 N–H and O–H groups in total. The van der Waals surface area contributed by atoms with E-state index >= 15 is 0 Å². The van der Waals surface area contributed by atoms with Crippen LogP contribution in [0.25, 0.3) is 0 Å². The number of rotatable bonds is 3. The maximum absolute atomic E-state index is 10.7. The molecule has 0 aromatic carbocycles. The molecule has 5 heteroatoms. The predicted octanol–water partition coefficient (Wildman–Crippen LogP) is 1.15. The summed E-state index contributed by atoms with van der Waals surface area (Å²) in [5, 5.41) is 11.5. The molecule has 5 nitrogen and oxygen atoms in total. The lowest BCUT2D eigenvalue weighted by Gasteiger charge is -2.05. The predicted molar refractivity (Wildman–Crippen MR) is 50.0 cm³/mol. The van der Waals surface area contributed by atoms with Crippen LogP contribution < -0.4 is 5.32 Å². The van der Waals surface area contributed by atoms with Crippen LogP contribution in [0.1, 0.15) is 10.4 Å². The number of aromatic nitrogens is 1. The number of hydrogen-bond acceptors (Lipinski definition) is 4. The monoisotopic (exact) mass is 179 g/mol. The van der Waals surface area contributed by atoms with Crippen molar-refractivity contribution >= 4 is 24.2 Å². The minimum atomic E-state index is -1.04. The van der Waals surface area contributed by atoms with Crippen molar-refractivity contribution in [2.24, 2.45) is 4.99 Å². The highest BCUT2D eigenvalue weighted by Gasteiger charge is 2.12. The third-order valence-corrected chi connectivity index (χ3v) is 1.55. The van der Waals surface area contributed by atoms with Gasteiger partial charge in [-0.2, -0.15) is 0 Å². The molecule has 0 aliphatic rings. The zero-order valence-corrected chi connectivity index (χ0v) is 7.11. The van der Waals surface area contributed by atoms with Crippen molar-refractivity contribution < 1.29 is 9.90 Å². The number of aromatic carboxylic acids is 1. The Morgan fingerprint density at radius 3 is 2.92 bits per heavy atom. The van der Waals surface area contributed by atoms with Gasteiger partial charge in [0.2, 0.25) is 0 Å². The van der Waals surface area contributed by atoms with Crippen LogP contribution in [0.5, 0.6) is 0 Å². The third kappa shape index (κ3) is 1.64. The molecular formula is C8H9N3O2. The molecule has 0 unspecified atom stereocenters. The van der Waals surface area contributed by atoms with Gasteiger partial charge < -0.3 is 10.4 Å². The van der Waals surface area contributed by atoms with Gasteiger partial charge in [-0.05, 0) is 12.8 Å². The zero-order valence-electron chi connectivity index (χ0n) is 7.11. The van der Waals surface area contributed by atoms with Crippen molar-refractivity contribution in [1.29, 1.82) is 0 Å². The molecule has 0 radical (unpaired) electrons. The minimum absolute atomic E-state index is 0.0920. The van der Waals surface area contributed by atoms with Gasteiger partial charge in [0.1, 0.15) is 5.69 Å². The van der Waals surface area contributed by atoms with Crippen LogP contribution in [0.15, 0.2) is 17.3 Å². The molecule has 0 spiro atoms. The van der Waals surface area contributed by atoms with Crippen molar-refractivity contribution in [2.75, 3.05) is 12.4 Å². The van der Waals surface area contributed by atoms with Crippen LogP contribution >= 0.6 is 0 Å². The van der Waals surface area contributed by atoms with E-state index in [1.807, 2.05) is 0 Å². The largest absolute Gasteiger partial charge is 0.478 e. The van der Waals surface area contributed by atoms with E-state index in [0.717, 1.165) is 0 Å². The van der Waals surface area contributed by atoms with Gasteiger partial charge >= 0.3 is 5.97 Å². The molecule has 68 valence electrons. The van der Waals surface area contributed by atoms with Crippen molar-refractivity contribution in [3.05, 3.63) is 17.8 Å². The van der Waals surface area contributed by atoms with Gasteiger partial charge in [-0.25, -0.2) is 9.78 Å². The summed E-state index contributed by atoms with van der Waals surface area (Å²) in [6.45, 7) is 3.29. The summed E-state index contributed by atoms with van der Waals surface area (Å²) in [7, 11) is 1.64. The minimum Gasteiger partial charge on any atom is -0.478 e. The SMILES string of the molecule is C=Nc1c(C(=O)O)ccnc1NC. The topological polar surface area (TPSA) is 74.6 Å². The number of carboxylic acid groups (broad SMARTS) is 1. The summed E-state index contributed by atoms with van der Waals surface area (Å²) in [5.74, 6) is -0.629. The number of pyridine rings is 1. The van der Waals surface area contributed by atoms with Gasteiger partial charge in [-0.3, -0.25) is 4.99 Å². The second kappa shape index (κ2) is 3.66. The molecule has 0 fully saturated rings. The maximum Gasteiger partial charge on any atom is 0.338 e. The van der Waals surface area contributed by atoms with Gasteiger partial charge in [-0.1, -0.05) is 0 Å². The van der Waals surface area contributed by atoms with E-state index in [1.54, 1.807) is 7.05 Å². The number of anilines is 1. The highest BCUT2D eigenvalue weighted by atomic mass is 16.4. The Hall–Kier alpha value is -1.91. The van der Waals surface area contributed by atoms with Gasteiger partial charge in [0.15, 0.2) is 5.82 Å². The van der Waals surface area contributed by atoms with Gasteiger partial charge in [-0.15, -0.1) is 0 Å². The quantitative estimate of drug-likeness (QED) is 0.682. The maximum atomic E-state index is 10.7. The Kier molecular flexibility index (Phi) is 2.59. The lowest BCUT2D eigenvalue weighted by Crippen LogP contribution is -2.01. The molecule has 1 aromatic heterocycles. The Morgan fingerprint density at radius 1 is 1.77 bits per heavy atom. The van der Waals surface area contributed by atoms with Gasteiger partial charge in [0.05, 0.1) is 5.56 Å². The first-order valence-electron chi connectivity index (χ1n) is 3.57. The molecule has 0 aliphatic heterocycles. The number of nitrogens with one attached hydrogen (secondary N) is 1. The summed E-state index contributed by atoms with van der Waals surface area (Å²) < 4.78 is 0. The lowest BCUT2D eigenvalue weighted by molar-refractivity contribution is 0.0698. The molecule has 1 aromatic rings. The van der Waals surface area contributed by atoms with Crippen LogP contribution in [0, 0.1) is 0 Å². The van der Waals surface area contributed by atoms with Crippen LogP contribution in [-0.4, -0.2) is 29.8 Å². The van der Waals surface area contributed by atoms with E-state index in [4.69, 9.17) is 5.11 Å². The lowest BCUT2D eigenvalue weighted by atomic mass is 10.2. The molecule has 0 amide bonds. The van der Waals surface area contributed by atoms with Gasteiger partial charge in [0.25, 0.3) is 0 Å². The second-order valence-corrected chi connectivity index (χ2v) is 2.27. The van der Waals surface area contributed by atoms with E-state index in [0.29, 0.717) is 5.82 Å². The molecule has 1 heterocycles. The second-order valence-electron chi connectivity index (χ2n) is 2.27. The molecule has 1 rings (SSSR count). The fourth-order valence-corrected chi connectivity index (χ4v) is 0.970. The molecular weight excluding hydrogens is 170 g/mol. The third-order valence-electron chi connectivity index (χ3n) is 1.55. The smallest absolute Gasteiger partial charge is 0.338 e. The summed E-state index contributed by atoms with van der Waals surface area (Å²) in [6, 6.07) is 1.38. The number of hydrogen-bond donors (Lipinski definition) is 2. The van der Waals surface area contributed by atoms with Crippen LogP contribution in [0.3, 0.4) is 0 Å². The Bertz CT molecular complexity index is 349. The summed E-state index contributed by atoms with van der Waals surface area (Å²) in [6.07, 6.45) is 1.41. The molecule has 0 aliphatic carbocycles. The average molecular weight is 179 g/mol. The Balaban J connectivity index is 3.35. The number of nitrogens with zero attached hydrogens (tertiary/aromatic N) is 2. The van der Waals surface area contributed by atoms with E-state index in [-0.39, 0.29) is 11.3 Å². The first-order valence-corrected chi connectivity index (χ1v) is 3.57. The fraction of sp³-hybridized carbons (Fsp3) is 0.125. The molecule has 0 bridgehead atoms. The highest BCUT2D eigenvalue weighted by molar-refractivity contribution is 5.96. The van der Waals surface area contributed by atoms with E-state index in [2.05, 4.69) is 22.0 Å². The summed E-state index contributed by atoms with van der Waals surface area (Å²) >= 11 is 0. The number of aliphatic imine (C=N–C) groups is 1. The summed E-state index contributed by atoms with van der Waals surface area (Å²) in [5.41, 5.74) is 0.354. The number of carboxylic acids is 1. The van der Waals surface area contributed by atoms with Crippen LogP contribution in [0.4, 0.5) is 11.5 Å². The van der Waals surface area contributed by atoms with Crippen LogP contribution in [0.2, 0.25) is 0 Å². The molecule has 0 saturated carbocycles. The number of carbonyl (C=O) groups is 1. The normalized spacial score (nSPS) is 9.31. The van der Waals surface area contributed by atoms with E-state index < -0.39 is 5.97 Å². The van der Waals surface area contributed by atoms with Crippen molar-refractivity contribution in [3.8, 4) is 0 Å². The highest BCUT2D eigenvalue weighted by Crippen LogP contribution is 2.25. The first kappa shape index (κ1) is 9.18. The molecule has 0 saturated heterocycles. The van der Waals surface area contributed by atoms with Crippen molar-refractivity contribution in [3.63, 3.8) is 0 Å². The summed E-state index contributed by atoms with van der Waals surface area (Å²) in [4.78, 5) is 18.2. The van der Waals surface area contributed by atoms with Crippen molar-refractivity contribution in [1.82, 2.24) is 4.98 Å².